The monoisotopic (exact) mass is 329 g/mol. The number of hydrogen-bond donors (Lipinski definition) is 1. The number of nitrogens with zero attached hydrogens (tertiary/aromatic N) is 2. The zero-order valence-electron chi connectivity index (χ0n) is 15.0. The van der Waals surface area contributed by atoms with E-state index in [1.807, 2.05) is 37.3 Å². The molecule has 0 bridgehead atoms. The van der Waals surface area contributed by atoms with E-state index in [4.69, 9.17) is 4.74 Å². The summed E-state index contributed by atoms with van der Waals surface area (Å²) in [6, 6.07) is 9.56. The zero-order valence-corrected chi connectivity index (χ0v) is 15.0. The van der Waals surface area contributed by atoms with Gasteiger partial charge >= 0.3 is 0 Å². The average molecular weight is 329 g/mol. The molecule has 0 radical (unpaired) electrons. The van der Waals surface area contributed by atoms with Gasteiger partial charge in [0.25, 0.3) is 5.91 Å². The van der Waals surface area contributed by atoms with Crippen molar-refractivity contribution in [1.82, 2.24) is 15.1 Å². The highest BCUT2D eigenvalue weighted by molar-refractivity contribution is 5.93. The fraction of sp³-hybridized carbons (Fsp3) is 0.474. The van der Waals surface area contributed by atoms with Crippen molar-refractivity contribution >= 4 is 5.91 Å². The molecule has 0 fully saturated rings. The van der Waals surface area contributed by atoms with E-state index >= 15 is 0 Å². The van der Waals surface area contributed by atoms with E-state index < -0.39 is 0 Å². The summed E-state index contributed by atoms with van der Waals surface area (Å²) in [5.74, 6) is 0.703. The summed E-state index contributed by atoms with van der Waals surface area (Å²) in [5, 5.41) is 7.44. The highest BCUT2D eigenvalue weighted by atomic mass is 16.5. The summed E-state index contributed by atoms with van der Waals surface area (Å²) < 4.78 is 7.43. The number of hydrogen-bond acceptors (Lipinski definition) is 3. The minimum Gasteiger partial charge on any atom is -0.493 e. The third kappa shape index (κ3) is 4.37. The molecule has 1 aromatic heterocycles. The number of amides is 1. The second kappa shape index (κ2) is 8.52. The Kier molecular flexibility index (Phi) is 6.41. The third-order valence-corrected chi connectivity index (χ3v) is 3.86. The van der Waals surface area contributed by atoms with Gasteiger partial charge in [-0.3, -0.25) is 9.48 Å². The van der Waals surface area contributed by atoms with E-state index in [9.17, 15) is 4.79 Å². The van der Waals surface area contributed by atoms with Crippen molar-refractivity contribution in [2.45, 2.75) is 46.1 Å². The number of aromatic nitrogens is 2. The van der Waals surface area contributed by atoms with E-state index in [2.05, 4.69) is 24.3 Å². The molecular weight excluding hydrogens is 302 g/mol. The van der Waals surface area contributed by atoms with E-state index in [1.54, 1.807) is 11.7 Å². The topological polar surface area (TPSA) is 56.1 Å². The van der Waals surface area contributed by atoms with Crippen molar-refractivity contribution in [2.75, 3.05) is 6.61 Å². The number of para-hydroxylation sites is 1. The lowest BCUT2D eigenvalue weighted by atomic mass is 10.1. The first-order valence-electron chi connectivity index (χ1n) is 8.62. The summed E-state index contributed by atoms with van der Waals surface area (Å²) in [4.78, 5) is 12.6. The molecule has 2 aromatic rings. The van der Waals surface area contributed by atoms with Gasteiger partial charge in [0.05, 0.1) is 18.3 Å². The zero-order chi connectivity index (χ0) is 17.5. The van der Waals surface area contributed by atoms with Crippen LogP contribution in [0.3, 0.4) is 0 Å². The van der Waals surface area contributed by atoms with Gasteiger partial charge in [0.1, 0.15) is 11.4 Å². The molecule has 5 nitrogen and oxygen atoms in total. The SMILES string of the molecule is CCCOc1ccccc1[C@@H](C)NC(=O)c1cc(CCC)nn1C. The first kappa shape index (κ1) is 18.0. The number of ether oxygens (including phenoxy) is 1. The van der Waals surface area contributed by atoms with Crippen molar-refractivity contribution in [3.8, 4) is 5.75 Å². The lowest BCUT2D eigenvalue weighted by Gasteiger charge is -2.18. The van der Waals surface area contributed by atoms with Crippen LogP contribution in [-0.4, -0.2) is 22.3 Å². The standard InChI is InChI=1S/C19H27N3O2/c1-5-9-15-13-17(22(4)21-15)19(23)20-14(3)16-10-7-8-11-18(16)24-12-6-2/h7-8,10-11,13-14H,5-6,9,12H2,1-4H3,(H,20,23)/t14-/m1/s1. The molecule has 0 spiro atoms. The predicted octanol–water partition coefficient (Wildman–Crippen LogP) is 3.65. The van der Waals surface area contributed by atoms with Gasteiger partial charge in [-0.1, -0.05) is 38.5 Å². The van der Waals surface area contributed by atoms with Crippen molar-refractivity contribution in [1.29, 1.82) is 0 Å². The Morgan fingerprint density at radius 3 is 2.75 bits per heavy atom. The van der Waals surface area contributed by atoms with Gasteiger partial charge in [-0.2, -0.15) is 5.10 Å². The van der Waals surface area contributed by atoms with Crippen molar-refractivity contribution in [3.63, 3.8) is 0 Å². The first-order valence-corrected chi connectivity index (χ1v) is 8.62. The molecule has 130 valence electrons. The van der Waals surface area contributed by atoms with E-state index in [0.29, 0.717) is 12.3 Å². The van der Waals surface area contributed by atoms with Gasteiger partial charge in [0, 0.05) is 12.6 Å². The molecule has 0 aliphatic rings. The number of rotatable bonds is 8. The molecule has 1 aromatic carbocycles. The van der Waals surface area contributed by atoms with E-state index in [1.165, 1.54) is 0 Å². The molecule has 1 atom stereocenters. The normalized spacial score (nSPS) is 12.0. The maximum Gasteiger partial charge on any atom is 0.270 e. The van der Waals surface area contributed by atoms with Crippen LogP contribution in [0.1, 0.15) is 61.4 Å². The molecule has 1 N–H and O–H groups in total. The van der Waals surface area contributed by atoms with Gasteiger partial charge in [-0.05, 0) is 31.9 Å². The Hall–Kier alpha value is -2.30. The van der Waals surface area contributed by atoms with Crippen LogP contribution in [-0.2, 0) is 13.5 Å². The summed E-state index contributed by atoms with van der Waals surface area (Å²) in [6.07, 6.45) is 2.84. The van der Waals surface area contributed by atoms with Crippen molar-refractivity contribution in [2.24, 2.45) is 7.05 Å². The summed E-state index contributed by atoms with van der Waals surface area (Å²) in [7, 11) is 1.80. The highest BCUT2D eigenvalue weighted by Gasteiger charge is 2.18. The third-order valence-electron chi connectivity index (χ3n) is 3.86. The quantitative estimate of drug-likeness (QED) is 0.804. The van der Waals surface area contributed by atoms with Gasteiger partial charge in [-0.25, -0.2) is 0 Å². The average Bonchev–Trinajstić information content (AvgIpc) is 2.94. The summed E-state index contributed by atoms with van der Waals surface area (Å²) in [5.41, 5.74) is 2.51. The number of carbonyl (C=O) groups excluding carboxylic acids is 1. The van der Waals surface area contributed by atoms with Crippen LogP contribution < -0.4 is 10.1 Å². The van der Waals surface area contributed by atoms with Crippen LogP contribution in [0, 0.1) is 0 Å². The second-order valence-corrected chi connectivity index (χ2v) is 5.98. The van der Waals surface area contributed by atoms with Crippen LogP contribution in [0.4, 0.5) is 0 Å². The lowest BCUT2D eigenvalue weighted by Crippen LogP contribution is -2.28. The molecule has 5 heteroatoms. The molecule has 1 amide bonds. The van der Waals surface area contributed by atoms with Crippen LogP contribution in [0.15, 0.2) is 30.3 Å². The maximum atomic E-state index is 12.6. The number of benzene rings is 1. The minimum absolute atomic E-state index is 0.120. The summed E-state index contributed by atoms with van der Waals surface area (Å²) >= 11 is 0. The van der Waals surface area contributed by atoms with Crippen molar-refractivity contribution in [3.05, 3.63) is 47.3 Å². The molecule has 0 aliphatic heterocycles. The first-order chi connectivity index (χ1) is 11.6. The van der Waals surface area contributed by atoms with E-state index in [0.717, 1.165) is 36.3 Å². The Labute approximate surface area is 144 Å². The van der Waals surface area contributed by atoms with Crippen LogP contribution in [0.25, 0.3) is 0 Å². The molecule has 0 saturated carbocycles. The number of nitrogens with one attached hydrogen (secondary N) is 1. The second-order valence-electron chi connectivity index (χ2n) is 5.98. The molecular formula is C19H27N3O2. The van der Waals surface area contributed by atoms with Crippen molar-refractivity contribution < 1.29 is 9.53 Å². The molecule has 2 rings (SSSR count). The fourth-order valence-electron chi connectivity index (χ4n) is 2.65. The van der Waals surface area contributed by atoms with Gasteiger partial charge in [0.15, 0.2) is 0 Å². The van der Waals surface area contributed by atoms with Crippen LogP contribution in [0.5, 0.6) is 5.75 Å². The smallest absolute Gasteiger partial charge is 0.270 e. The molecule has 0 saturated heterocycles. The molecule has 0 unspecified atom stereocenters. The van der Waals surface area contributed by atoms with Gasteiger partial charge < -0.3 is 10.1 Å². The lowest BCUT2D eigenvalue weighted by molar-refractivity contribution is 0.0930. The molecule has 24 heavy (non-hydrogen) atoms. The maximum absolute atomic E-state index is 12.6. The number of carbonyl (C=O) groups is 1. The predicted molar refractivity (Wildman–Crippen MR) is 95.3 cm³/mol. The minimum atomic E-state index is -0.143. The Morgan fingerprint density at radius 1 is 1.29 bits per heavy atom. The van der Waals surface area contributed by atoms with Crippen LogP contribution >= 0.6 is 0 Å². The Balaban J connectivity index is 2.11. The largest absolute Gasteiger partial charge is 0.493 e. The summed E-state index contributed by atoms with van der Waals surface area (Å²) in [6.45, 7) is 6.81. The highest BCUT2D eigenvalue weighted by Crippen LogP contribution is 2.25. The van der Waals surface area contributed by atoms with Gasteiger partial charge in [0.2, 0.25) is 0 Å². The van der Waals surface area contributed by atoms with Gasteiger partial charge in [-0.15, -0.1) is 0 Å². The van der Waals surface area contributed by atoms with E-state index in [-0.39, 0.29) is 11.9 Å². The Morgan fingerprint density at radius 2 is 2.04 bits per heavy atom. The molecule has 0 aliphatic carbocycles. The Bertz CT molecular complexity index is 679. The fourth-order valence-corrected chi connectivity index (χ4v) is 2.65. The molecule has 1 heterocycles. The van der Waals surface area contributed by atoms with Crippen LogP contribution in [0.2, 0.25) is 0 Å². The number of aryl methyl sites for hydroxylation is 2.